The second-order valence-corrected chi connectivity index (χ2v) is 7.30. The van der Waals surface area contributed by atoms with Crippen molar-refractivity contribution in [2.24, 2.45) is 17.6 Å². The maximum atomic E-state index is 12.8. The summed E-state index contributed by atoms with van der Waals surface area (Å²) < 4.78 is 0. The van der Waals surface area contributed by atoms with Crippen molar-refractivity contribution in [1.82, 2.24) is 4.90 Å². The number of hydrogen-bond acceptors (Lipinski definition) is 3. The molecule has 4 rings (SSSR count). The fourth-order valence-corrected chi connectivity index (χ4v) is 4.74. The van der Waals surface area contributed by atoms with Crippen molar-refractivity contribution in [2.75, 3.05) is 24.5 Å². The summed E-state index contributed by atoms with van der Waals surface area (Å²) in [5.41, 5.74) is 8.60. The summed E-state index contributed by atoms with van der Waals surface area (Å²) in [7, 11) is 0. The van der Waals surface area contributed by atoms with E-state index in [1.165, 1.54) is 12.0 Å². The van der Waals surface area contributed by atoms with Gasteiger partial charge in [-0.05, 0) is 49.7 Å². The average Bonchev–Trinajstić information content (AvgIpc) is 3.12. The lowest BCUT2D eigenvalue weighted by molar-refractivity contribution is -0.119. The number of anilines is 1. The summed E-state index contributed by atoms with van der Waals surface area (Å²) in [6, 6.07) is 8.91. The van der Waals surface area contributed by atoms with Gasteiger partial charge >= 0.3 is 0 Å². The van der Waals surface area contributed by atoms with Crippen LogP contribution in [0, 0.1) is 11.8 Å². The second kappa shape index (κ2) is 5.36. The van der Waals surface area contributed by atoms with E-state index in [1.807, 2.05) is 11.0 Å². The molecule has 4 heteroatoms. The predicted molar refractivity (Wildman–Crippen MR) is 87.7 cm³/mol. The highest BCUT2D eigenvalue weighted by Gasteiger charge is 2.42. The van der Waals surface area contributed by atoms with Crippen LogP contribution in [-0.4, -0.2) is 42.5 Å². The quantitative estimate of drug-likeness (QED) is 0.903. The fourth-order valence-electron chi connectivity index (χ4n) is 4.74. The van der Waals surface area contributed by atoms with E-state index in [2.05, 4.69) is 30.0 Å². The number of nitrogens with zero attached hydrogens (tertiary/aromatic N) is 2. The molecular formula is C18H25N3O. The zero-order valence-corrected chi connectivity index (χ0v) is 13.2. The lowest BCUT2D eigenvalue weighted by Gasteiger charge is -2.26. The van der Waals surface area contributed by atoms with Crippen molar-refractivity contribution in [3.05, 3.63) is 29.8 Å². The number of nitrogens with two attached hydrogens (primary N) is 1. The number of para-hydroxylation sites is 1. The van der Waals surface area contributed by atoms with Crippen LogP contribution in [0.15, 0.2) is 24.3 Å². The van der Waals surface area contributed by atoms with Crippen molar-refractivity contribution in [3.63, 3.8) is 0 Å². The van der Waals surface area contributed by atoms with Crippen molar-refractivity contribution in [3.8, 4) is 0 Å². The fraction of sp³-hybridized carbons (Fsp3) is 0.611. The highest BCUT2D eigenvalue weighted by atomic mass is 16.2. The molecule has 3 aliphatic rings. The van der Waals surface area contributed by atoms with Gasteiger partial charge in [-0.3, -0.25) is 9.69 Å². The SMILES string of the molecule is CC1Cc2ccccc2N1C(=O)CN1CC2CCC(N)C2C1. The van der Waals surface area contributed by atoms with Crippen molar-refractivity contribution < 1.29 is 4.79 Å². The Kier molecular flexibility index (Phi) is 3.46. The van der Waals surface area contributed by atoms with E-state index >= 15 is 0 Å². The number of likely N-dealkylation sites (tertiary alicyclic amines) is 1. The third-order valence-corrected chi connectivity index (χ3v) is 5.82. The van der Waals surface area contributed by atoms with Crippen molar-refractivity contribution in [1.29, 1.82) is 0 Å². The lowest BCUT2D eigenvalue weighted by atomic mass is 9.98. The van der Waals surface area contributed by atoms with E-state index in [0.717, 1.165) is 31.6 Å². The average molecular weight is 299 g/mol. The summed E-state index contributed by atoms with van der Waals surface area (Å²) in [5.74, 6) is 1.56. The molecule has 4 nitrogen and oxygen atoms in total. The van der Waals surface area contributed by atoms with Gasteiger partial charge in [-0.25, -0.2) is 0 Å². The first kappa shape index (κ1) is 14.2. The topological polar surface area (TPSA) is 49.6 Å². The Morgan fingerprint density at radius 1 is 1.27 bits per heavy atom. The summed E-state index contributed by atoms with van der Waals surface area (Å²) >= 11 is 0. The maximum Gasteiger partial charge on any atom is 0.241 e. The number of carbonyl (C=O) groups excluding carboxylic acids is 1. The predicted octanol–water partition coefficient (Wildman–Crippen LogP) is 1.63. The zero-order valence-electron chi connectivity index (χ0n) is 13.2. The Labute approximate surface area is 132 Å². The molecule has 4 atom stereocenters. The smallest absolute Gasteiger partial charge is 0.241 e. The number of benzene rings is 1. The minimum atomic E-state index is 0.242. The van der Waals surface area contributed by atoms with Gasteiger partial charge in [0.15, 0.2) is 0 Å². The van der Waals surface area contributed by atoms with Crippen LogP contribution in [0.1, 0.15) is 25.3 Å². The van der Waals surface area contributed by atoms with Crippen LogP contribution in [0.2, 0.25) is 0 Å². The molecule has 0 bridgehead atoms. The van der Waals surface area contributed by atoms with E-state index in [0.29, 0.717) is 24.4 Å². The van der Waals surface area contributed by atoms with Crippen LogP contribution in [0.25, 0.3) is 0 Å². The van der Waals surface area contributed by atoms with E-state index < -0.39 is 0 Å². The summed E-state index contributed by atoms with van der Waals surface area (Å²) in [6.07, 6.45) is 3.37. The zero-order chi connectivity index (χ0) is 15.3. The normalized spacial score (nSPS) is 34.0. The van der Waals surface area contributed by atoms with Gasteiger partial charge in [0.2, 0.25) is 5.91 Å². The molecule has 118 valence electrons. The Morgan fingerprint density at radius 2 is 2.09 bits per heavy atom. The van der Waals surface area contributed by atoms with Crippen LogP contribution >= 0.6 is 0 Å². The Morgan fingerprint density at radius 3 is 2.91 bits per heavy atom. The maximum absolute atomic E-state index is 12.8. The van der Waals surface area contributed by atoms with Gasteiger partial charge in [0.1, 0.15) is 0 Å². The first-order valence-corrected chi connectivity index (χ1v) is 8.51. The number of rotatable bonds is 2. The first-order valence-electron chi connectivity index (χ1n) is 8.51. The molecule has 1 aromatic carbocycles. The van der Waals surface area contributed by atoms with Gasteiger partial charge in [-0.1, -0.05) is 18.2 Å². The van der Waals surface area contributed by atoms with Crippen LogP contribution in [0.5, 0.6) is 0 Å². The molecule has 2 N–H and O–H groups in total. The highest BCUT2D eigenvalue weighted by Crippen LogP contribution is 2.37. The number of fused-ring (bicyclic) bond motifs is 2. The van der Waals surface area contributed by atoms with Crippen LogP contribution < -0.4 is 10.6 Å². The molecule has 2 heterocycles. The summed E-state index contributed by atoms with van der Waals surface area (Å²) in [4.78, 5) is 17.2. The third-order valence-electron chi connectivity index (χ3n) is 5.82. The van der Waals surface area contributed by atoms with Gasteiger partial charge in [-0.2, -0.15) is 0 Å². The van der Waals surface area contributed by atoms with E-state index in [9.17, 15) is 4.79 Å². The second-order valence-electron chi connectivity index (χ2n) is 7.30. The minimum Gasteiger partial charge on any atom is -0.327 e. The van der Waals surface area contributed by atoms with Gasteiger partial charge in [0, 0.05) is 30.9 Å². The first-order chi connectivity index (χ1) is 10.6. The molecule has 1 aromatic rings. The minimum absolute atomic E-state index is 0.242. The Bertz CT molecular complexity index is 587. The molecule has 1 amide bonds. The van der Waals surface area contributed by atoms with Crippen LogP contribution in [-0.2, 0) is 11.2 Å². The summed E-state index contributed by atoms with van der Waals surface area (Å²) in [6.45, 7) is 4.74. The van der Waals surface area contributed by atoms with Gasteiger partial charge < -0.3 is 10.6 Å². The molecule has 2 aliphatic heterocycles. The molecule has 0 aromatic heterocycles. The van der Waals surface area contributed by atoms with Crippen molar-refractivity contribution >= 4 is 11.6 Å². The molecule has 0 spiro atoms. The molecule has 1 saturated carbocycles. The standard InChI is InChI=1S/C18H25N3O/c1-12-8-13-4-2-3-5-17(13)21(12)18(22)11-20-9-14-6-7-16(19)15(14)10-20/h2-5,12,14-16H,6-11,19H2,1H3. The van der Waals surface area contributed by atoms with Crippen LogP contribution in [0.4, 0.5) is 5.69 Å². The van der Waals surface area contributed by atoms with Gasteiger partial charge in [0.25, 0.3) is 0 Å². The van der Waals surface area contributed by atoms with E-state index in [1.54, 1.807) is 0 Å². The van der Waals surface area contributed by atoms with Gasteiger partial charge in [-0.15, -0.1) is 0 Å². The van der Waals surface area contributed by atoms with Crippen molar-refractivity contribution in [2.45, 2.75) is 38.3 Å². The summed E-state index contributed by atoms with van der Waals surface area (Å²) in [5, 5.41) is 0. The molecule has 1 aliphatic carbocycles. The lowest BCUT2D eigenvalue weighted by Crippen LogP contribution is -2.43. The van der Waals surface area contributed by atoms with E-state index in [4.69, 9.17) is 5.73 Å². The Balaban J connectivity index is 1.45. The third kappa shape index (κ3) is 2.25. The van der Waals surface area contributed by atoms with E-state index in [-0.39, 0.29) is 11.9 Å². The molecule has 4 unspecified atom stereocenters. The molecule has 22 heavy (non-hydrogen) atoms. The number of amides is 1. The Hall–Kier alpha value is -1.39. The molecular weight excluding hydrogens is 274 g/mol. The molecule has 1 saturated heterocycles. The molecule has 2 fully saturated rings. The number of carbonyl (C=O) groups is 1. The van der Waals surface area contributed by atoms with Gasteiger partial charge in [0.05, 0.1) is 6.54 Å². The highest BCUT2D eigenvalue weighted by molar-refractivity contribution is 5.97. The molecule has 0 radical (unpaired) electrons. The van der Waals surface area contributed by atoms with Crippen LogP contribution in [0.3, 0.4) is 0 Å². The largest absolute Gasteiger partial charge is 0.327 e. The monoisotopic (exact) mass is 299 g/mol. The number of hydrogen-bond donors (Lipinski definition) is 1.